The zero-order valence-corrected chi connectivity index (χ0v) is 11.3. The second kappa shape index (κ2) is 4.24. The van der Waals surface area contributed by atoms with Gasteiger partial charge in [0.15, 0.2) is 0 Å². The highest BCUT2D eigenvalue weighted by Gasteiger charge is 2.49. The van der Waals surface area contributed by atoms with E-state index in [0.29, 0.717) is 6.10 Å². The van der Waals surface area contributed by atoms with E-state index in [9.17, 15) is 0 Å². The number of nitrogens with two attached hydrogens (primary N) is 1. The van der Waals surface area contributed by atoms with Gasteiger partial charge in [-0.05, 0) is 82.6 Å². The van der Waals surface area contributed by atoms with Crippen LogP contribution in [-0.2, 0) is 4.74 Å². The fourth-order valence-electron chi connectivity index (χ4n) is 4.84. The maximum atomic E-state index is 6.48. The van der Waals surface area contributed by atoms with E-state index in [1.54, 1.807) is 0 Å². The van der Waals surface area contributed by atoms with Crippen molar-refractivity contribution in [1.82, 2.24) is 0 Å². The summed E-state index contributed by atoms with van der Waals surface area (Å²) in [6.45, 7) is 5.16. The topological polar surface area (TPSA) is 35.2 Å². The molecule has 0 aliphatic heterocycles. The number of hydrogen-bond acceptors (Lipinski definition) is 2. The summed E-state index contributed by atoms with van der Waals surface area (Å²) in [6.07, 6.45) is 8.81. The van der Waals surface area contributed by atoms with Crippen molar-refractivity contribution in [3.05, 3.63) is 0 Å². The molecule has 4 fully saturated rings. The molecule has 0 spiro atoms. The van der Waals surface area contributed by atoms with Crippen LogP contribution < -0.4 is 5.73 Å². The number of rotatable bonds is 4. The fraction of sp³-hybridized carbons (Fsp3) is 1.00. The maximum Gasteiger partial charge on any atom is 0.0642 e. The zero-order chi connectivity index (χ0) is 12.0. The smallest absolute Gasteiger partial charge is 0.0642 e. The van der Waals surface area contributed by atoms with Crippen LogP contribution in [0, 0.1) is 23.7 Å². The quantitative estimate of drug-likeness (QED) is 0.816. The average molecular weight is 237 g/mol. The molecule has 0 amide bonds. The van der Waals surface area contributed by atoms with Crippen LogP contribution >= 0.6 is 0 Å². The lowest BCUT2D eigenvalue weighted by atomic mass is 9.55. The fourth-order valence-corrected chi connectivity index (χ4v) is 4.84. The molecular formula is C15H27NO. The minimum Gasteiger partial charge on any atom is -0.372 e. The molecule has 4 saturated carbocycles. The molecule has 0 aromatic rings. The molecule has 0 unspecified atom stereocenters. The Labute approximate surface area is 105 Å². The van der Waals surface area contributed by atoms with E-state index in [-0.39, 0.29) is 5.60 Å². The van der Waals surface area contributed by atoms with Crippen molar-refractivity contribution < 1.29 is 4.74 Å². The van der Waals surface area contributed by atoms with Crippen LogP contribution in [0.3, 0.4) is 0 Å². The minimum absolute atomic E-state index is 0.0191. The lowest BCUT2D eigenvalue weighted by Gasteiger charge is -2.55. The highest BCUT2D eigenvalue weighted by atomic mass is 16.5. The third-order valence-corrected chi connectivity index (χ3v) is 5.34. The summed E-state index contributed by atoms with van der Waals surface area (Å²) in [7, 11) is 0. The molecule has 2 heteroatoms. The molecule has 4 bridgehead atoms. The third kappa shape index (κ3) is 2.26. The van der Waals surface area contributed by atoms with Gasteiger partial charge in [0.25, 0.3) is 0 Å². The molecule has 2 N–H and O–H groups in total. The van der Waals surface area contributed by atoms with Gasteiger partial charge in [-0.3, -0.25) is 0 Å². The second-order valence-corrected chi connectivity index (χ2v) is 7.31. The first-order chi connectivity index (χ1) is 8.07. The summed E-state index contributed by atoms with van der Waals surface area (Å²) in [4.78, 5) is 0. The molecule has 0 heterocycles. The summed E-state index contributed by atoms with van der Waals surface area (Å²) in [5, 5.41) is 0. The predicted octanol–water partition coefficient (Wildman–Crippen LogP) is 2.96. The van der Waals surface area contributed by atoms with Crippen LogP contribution in [0.25, 0.3) is 0 Å². The summed E-state index contributed by atoms with van der Waals surface area (Å²) >= 11 is 0. The first-order valence-corrected chi connectivity index (χ1v) is 7.45. The normalized spacial score (nSPS) is 44.3. The lowest BCUT2D eigenvalue weighted by Crippen LogP contribution is -2.52. The molecule has 98 valence electrons. The van der Waals surface area contributed by atoms with Gasteiger partial charge in [0, 0.05) is 0 Å². The van der Waals surface area contributed by atoms with E-state index in [2.05, 4.69) is 13.8 Å². The minimum atomic E-state index is -0.0191. The molecule has 4 aliphatic rings. The van der Waals surface area contributed by atoms with E-state index in [1.165, 1.54) is 32.1 Å². The lowest BCUT2D eigenvalue weighted by molar-refractivity contribution is -0.179. The average Bonchev–Trinajstić information content (AvgIpc) is 2.22. The highest BCUT2D eigenvalue weighted by Crippen LogP contribution is 2.55. The molecule has 0 atom stereocenters. The van der Waals surface area contributed by atoms with E-state index in [4.69, 9.17) is 10.5 Å². The molecule has 4 aliphatic carbocycles. The van der Waals surface area contributed by atoms with Gasteiger partial charge in [0.05, 0.1) is 11.7 Å². The first kappa shape index (κ1) is 12.0. The summed E-state index contributed by atoms with van der Waals surface area (Å²) in [5.41, 5.74) is 5.67. The molecule has 0 saturated heterocycles. The van der Waals surface area contributed by atoms with Gasteiger partial charge >= 0.3 is 0 Å². The van der Waals surface area contributed by atoms with Gasteiger partial charge in [0.1, 0.15) is 0 Å². The van der Waals surface area contributed by atoms with Crippen LogP contribution in [-0.4, -0.2) is 18.2 Å². The SMILES string of the molecule is CC(C)(CCN)OC1C2CC3CC(C2)CC1C3. The Kier molecular flexibility index (Phi) is 2.99. The Bertz CT molecular complexity index is 259. The Morgan fingerprint density at radius 1 is 1.00 bits per heavy atom. The van der Waals surface area contributed by atoms with Crippen LogP contribution in [0.5, 0.6) is 0 Å². The van der Waals surface area contributed by atoms with Crippen LogP contribution in [0.2, 0.25) is 0 Å². The van der Waals surface area contributed by atoms with E-state index < -0.39 is 0 Å². The van der Waals surface area contributed by atoms with Crippen molar-refractivity contribution in [2.24, 2.45) is 29.4 Å². The first-order valence-electron chi connectivity index (χ1n) is 7.45. The Morgan fingerprint density at radius 3 is 2.00 bits per heavy atom. The largest absolute Gasteiger partial charge is 0.372 e. The summed E-state index contributed by atoms with van der Waals surface area (Å²) < 4.78 is 6.48. The van der Waals surface area contributed by atoms with Crippen molar-refractivity contribution >= 4 is 0 Å². The molecule has 0 aromatic heterocycles. The van der Waals surface area contributed by atoms with Crippen molar-refractivity contribution in [3.8, 4) is 0 Å². The standard InChI is InChI=1S/C15H27NO/c1-15(2,3-4-16)17-14-12-6-10-5-11(8-12)9-13(14)7-10/h10-14H,3-9,16H2,1-2H3. The van der Waals surface area contributed by atoms with E-state index in [1.807, 2.05) is 0 Å². The van der Waals surface area contributed by atoms with Gasteiger partial charge in [-0.1, -0.05) is 0 Å². The van der Waals surface area contributed by atoms with Crippen molar-refractivity contribution in [2.75, 3.05) is 6.54 Å². The molecule has 4 rings (SSSR count). The second-order valence-electron chi connectivity index (χ2n) is 7.31. The van der Waals surface area contributed by atoms with E-state index in [0.717, 1.165) is 36.6 Å². The number of ether oxygens (including phenoxy) is 1. The van der Waals surface area contributed by atoms with Gasteiger partial charge in [-0.2, -0.15) is 0 Å². The monoisotopic (exact) mass is 237 g/mol. The van der Waals surface area contributed by atoms with Crippen molar-refractivity contribution in [3.63, 3.8) is 0 Å². The third-order valence-electron chi connectivity index (χ3n) is 5.34. The van der Waals surface area contributed by atoms with Crippen molar-refractivity contribution in [2.45, 2.75) is 64.1 Å². The number of hydrogen-bond donors (Lipinski definition) is 1. The molecule has 0 aromatic carbocycles. The summed E-state index contributed by atoms with van der Waals surface area (Å²) in [6, 6.07) is 0. The van der Waals surface area contributed by atoms with Gasteiger partial charge < -0.3 is 10.5 Å². The predicted molar refractivity (Wildman–Crippen MR) is 69.7 cm³/mol. The Balaban J connectivity index is 1.68. The Hall–Kier alpha value is -0.0800. The Morgan fingerprint density at radius 2 is 1.53 bits per heavy atom. The summed E-state index contributed by atoms with van der Waals surface area (Å²) in [5.74, 6) is 3.80. The van der Waals surface area contributed by atoms with Crippen molar-refractivity contribution in [1.29, 1.82) is 0 Å². The molecule has 17 heavy (non-hydrogen) atoms. The van der Waals surface area contributed by atoms with Crippen LogP contribution in [0.1, 0.15) is 52.4 Å². The molecule has 0 radical (unpaired) electrons. The molecule has 2 nitrogen and oxygen atoms in total. The maximum absolute atomic E-state index is 6.48. The zero-order valence-electron chi connectivity index (χ0n) is 11.3. The highest BCUT2D eigenvalue weighted by molar-refractivity contribution is 4.99. The van der Waals surface area contributed by atoms with Gasteiger partial charge in [-0.15, -0.1) is 0 Å². The van der Waals surface area contributed by atoms with Crippen LogP contribution in [0.4, 0.5) is 0 Å². The van der Waals surface area contributed by atoms with Gasteiger partial charge in [-0.25, -0.2) is 0 Å². The van der Waals surface area contributed by atoms with Gasteiger partial charge in [0.2, 0.25) is 0 Å². The van der Waals surface area contributed by atoms with E-state index >= 15 is 0 Å². The molecular weight excluding hydrogens is 210 g/mol. The van der Waals surface area contributed by atoms with Crippen LogP contribution in [0.15, 0.2) is 0 Å².